The van der Waals surface area contributed by atoms with Crippen molar-refractivity contribution in [3.8, 4) is 0 Å². The van der Waals surface area contributed by atoms with E-state index < -0.39 is 18.0 Å². The van der Waals surface area contributed by atoms with Gasteiger partial charge in [0, 0.05) is 19.3 Å². The molecule has 0 radical (unpaired) electrons. The number of aromatic nitrogens is 2. The van der Waals surface area contributed by atoms with Crippen LogP contribution in [0.5, 0.6) is 0 Å². The van der Waals surface area contributed by atoms with Crippen LogP contribution in [0.3, 0.4) is 0 Å². The molecule has 0 aliphatic heterocycles. The van der Waals surface area contributed by atoms with E-state index in [0.29, 0.717) is 6.54 Å². The highest BCUT2D eigenvalue weighted by Crippen LogP contribution is 2.04. The van der Waals surface area contributed by atoms with Crippen molar-refractivity contribution in [2.24, 2.45) is 0 Å². The summed E-state index contributed by atoms with van der Waals surface area (Å²) in [7, 11) is 1.38. The molecule has 1 atom stereocenters. The Hall–Kier alpha value is -2.09. The molecule has 0 fully saturated rings. The molecule has 112 valence electrons. The third kappa shape index (κ3) is 5.27. The Labute approximate surface area is 116 Å². The number of methoxy groups -OCH3 is 1. The summed E-state index contributed by atoms with van der Waals surface area (Å²) < 4.78 is 4.72. The van der Waals surface area contributed by atoms with Crippen molar-refractivity contribution in [3.05, 3.63) is 17.5 Å². The first-order chi connectivity index (χ1) is 9.54. The van der Waals surface area contributed by atoms with E-state index in [4.69, 9.17) is 9.84 Å². The number of urea groups is 1. The number of H-pyrrole nitrogens is 1. The number of carboxylic acid groups (broad SMARTS) is 1. The second kappa shape index (κ2) is 8.16. The highest BCUT2D eigenvalue weighted by molar-refractivity contribution is 5.82. The largest absolute Gasteiger partial charge is 0.480 e. The number of aromatic amines is 1. The monoisotopic (exact) mass is 284 g/mol. The molecule has 1 unspecified atom stereocenters. The summed E-state index contributed by atoms with van der Waals surface area (Å²) in [6.07, 6.45) is 3.30. The van der Waals surface area contributed by atoms with Crippen LogP contribution in [0.15, 0.2) is 6.20 Å². The molecule has 8 heteroatoms. The van der Waals surface area contributed by atoms with Crippen LogP contribution >= 0.6 is 0 Å². The summed E-state index contributed by atoms with van der Waals surface area (Å²) in [5.74, 6) is -1.13. The van der Waals surface area contributed by atoms with Gasteiger partial charge in [0.1, 0.15) is 0 Å². The first-order valence-corrected chi connectivity index (χ1v) is 6.29. The number of hydrogen-bond donors (Lipinski definition) is 4. The average Bonchev–Trinajstić information content (AvgIpc) is 2.80. The quantitative estimate of drug-likeness (QED) is 0.503. The molecular weight excluding hydrogens is 264 g/mol. The number of carboxylic acids is 1. The Balaban J connectivity index is 2.22. The number of ether oxygens (including phenoxy) is 1. The highest BCUT2D eigenvalue weighted by atomic mass is 16.5. The number of rotatable bonds is 8. The number of nitrogens with one attached hydrogen (secondary N) is 3. The van der Waals surface area contributed by atoms with Crippen LogP contribution in [-0.2, 0) is 16.0 Å². The zero-order valence-corrected chi connectivity index (χ0v) is 11.6. The summed E-state index contributed by atoms with van der Waals surface area (Å²) >= 11 is 0. The number of carbonyl (C=O) groups is 2. The van der Waals surface area contributed by atoms with Crippen molar-refractivity contribution in [2.45, 2.75) is 25.8 Å². The zero-order valence-electron chi connectivity index (χ0n) is 11.6. The molecule has 0 saturated heterocycles. The van der Waals surface area contributed by atoms with Crippen molar-refractivity contribution < 1.29 is 19.4 Å². The van der Waals surface area contributed by atoms with Crippen LogP contribution in [0.2, 0.25) is 0 Å². The summed E-state index contributed by atoms with van der Waals surface area (Å²) in [4.78, 5) is 22.3. The summed E-state index contributed by atoms with van der Waals surface area (Å²) in [6.45, 7) is 2.32. The van der Waals surface area contributed by atoms with Crippen LogP contribution < -0.4 is 10.6 Å². The van der Waals surface area contributed by atoms with Gasteiger partial charge in [-0.1, -0.05) is 0 Å². The van der Waals surface area contributed by atoms with Gasteiger partial charge in [0.05, 0.1) is 12.8 Å². The molecule has 1 aromatic heterocycles. The second-order valence-corrected chi connectivity index (χ2v) is 4.37. The van der Waals surface area contributed by atoms with Crippen molar-refractivity contribution in [1.82, 2.24) is 20.8 Å². The predicted octanol–water partition coefficient (Wildman–Crippen LogP) is 0.0495. The maximum Gasteiger partial charge on any atom is 0.328 e. The van der Waals surface area contributed by atoms with Crippen LogP contribution in [0.25, 0.3) is 0 Å². The lowest BCUT2D eigenvalue weighted by atomic mass is 10.1. The molecule has 1 rings (SSSR count). The van der Waals surface area contributed by atoms with Gasteiger partial charge in [-0.2, -0.15) is 5.10 Å². The lowest BCUT2D eigenvalue weighted by Crippen LogP contribution is -2.48. The van der Waals surface area contributed by atoms with E-state index in [2.05, 4.69) is 20.8 Å². The molecule has 0 aromatic carbocycles. The molecule has 0 aliphatic carbocycles. The lowest BCUT2D eigenvalue weighted by Gasteiger charge is -2.14. The van der Waals surface area contributed by atoms with Gasteiger partial charge in [0.15, 0.2) is 6.04 Å². The van der Waals surface area contributed by atoms with Crippen molar-refractivity contribution in [2.75, 3.05) is 20.3 Å². The van der Waals surface area contributed by atoms with Gasteiger partial charge in [-0.3, -0.25) is 5.10 Å². The molecule has 0 bridgehead atoms. The fraction of sp³-hybridized carbons (Fsp3) is 0.583. The molecule has 20 heavy (non-hydrogen) atoms. The topological polar surface area (TPSA) is 116 Å². The molecule has 8 nitrogen and oxygen atoms in total. The van der Waals surface area contributed by atoms with E-state index in [9.17, 15) is 9.59 Å². The Morgan fingerprint density at radius 1 is 1.55 bits per heavy atom. The van der Waals surface area contributed by atoms with Gasteiger partial charge in [-0.15, -0.1) is 0 Å². The van der Waals surface area contributed by atoms with Crippen LogP contribution in [0.1, 0.15) is 17.7 Å². The molecule has 4 N–H and O–H groups in total. The Bertz CT molecular complexity index is 446. The van der Waals surface area contributed by atoms with E-state index in [1.165, 1.54) is 7.11 Å². The van der Waals surface area contributed by atoms with Crippen molar-refractivity contribution >= 4 is 12.0 Å². The normalized spacial score (nSPS) is 11.9. The number of hydrogen-bond acceptors (Lipinski definition) is 4. The van der Waals surface area contributed by atoms with Crippen molar-refractivity contribution in [3.63, 3.8) is 0 Å². The summed E-state index contributed by atoms with van der Waals surface area (Å²) in [6, 6.07) is -1.56. The molecule has 0 aliphatic rings. The lowest BCUT2D eigenvalue weighted by molar-refractivity contribution is -0.140. The zero-order chi connectivity index (χ0) is 15.0. The first kappa shape index (κ1) is 16.0. The predicted molar refractivity (Wildman–Crippen MR) is 71.5 cm³/mol. The molecule has 1 heterocycles. The minimum atomic E-state index is -1.13. The third-order valence-electron chi connectivity index (χ3n) is 2.78. The van der Waals surface area contributed by atoms with Crippen molar-refractivity contribution in [1.29, 1.82) is 0 Å². The van der Waals surface area contributed by atoms with Gasteiger partial charge in [0.2, 0.25) is 0 Å². The molecule has 2 amide bonds. The van der Waals surface area contributed by atoms with E-state index in [1.807, 2.05) is 6.92 Å². The number of nitrogens with zero attached hydrogens (tertiary/aromatic N) is 1. The highest BCUT2D eigenvalue weighted by Gasteiger charge is 2.19. The molecule has 0 saturated carbocycles. The minimum absolute atomic E-state index is 0.0725. The minimum Gasteiger partial charge on any atom is -0.480 e. The average molecular weight is 284 g/mol. The fourth-order valence-electron chi connectivity index (χ4n) is 1.66. The number of carbonyl (C=O) groups excluding carboxylic acids is 1. The molecule has 1 aromatic rings. The van der Waals surface area contributed by atoms with Gasteiger partial charge < -0.3 is 20.5 Å². The van der Waals surface area contributed by atoms with E-state index in [0.717, 1.165) is 24.1 Å². The second-order valence-electron chi connectivity index (χ2n) is 4.37. The number of aryl methyl sites for hydroxylation is 2. The Morgan fingerprint density at radius 2 is 2.30 bits per heavy atom. The van der Waals surface area contributed by atoms with Crippen LogP contribution in [-0.4, -0.2) is 53.6 Å². The van der Waals surface area contributed by atoms with Gasteiger partial charge in [-0.05, 0) is 25.3 Å². The fourth-order valence-corrected chi connectivity index (χ4v) is 1.66. The Morgan fingerprint density at radius 3 is 2.85 bits per heavy atom. The van der Waals surface area contributed by atoms with E-state index in [1.54, 1.807) is 6.20 Å². The molecule has 0 spiro atoms. The van der Waals surface area contributed by atoms with Gasteiger partial charge in [0.25, 0.3) is 0 Å². The summed E-state index contributed by atoms with van der Waals surface area (Å²) in [5.41, 5.74) is 2.12. The number of amides is 2. The maximum absolute atomic E-state index is 11.5. The van der Waals surface area contributed by atoms with E-state index >= 15 is 0 Å². The maximum atomic E-state index is 11.5. The van der Waals surface area contributed by atoms with Gasteiger partial charge >= 0.3 is 12.0 Å². The first-order valence-electron chi connectivity index (χ1n) is 6.29. The van der Waals surface area contributed by atoms with Crippen LogP contribution in [0.4, 0.5) is 4.79 Å². The smallest absolute Gasteiger partial charge is 0.328 e. The SMILES string of the molecule is COCC(NC(=O)NCCCc1cn[nH]c1C)C(=O)O. The standard InChI is InChI=1S/C12H20N4O4/c1-8-9(6-14-16-8)4-3-5-13-12(19)15-10(7-20-2)11(17)18/h6,10H,3-5,7H2,1-2H3,(H,14,16)(H,17,18)(H2,13,15,19). The van der Waals surface area contributed by atoms with Crippen LogP contribution in [0, 0.1) is 6.92 Å². The number of aliphatic carboxylic acids is 1. The molecular formula is C12H20N4O4. The van der Waals surface area contributed by atoms with E-state index in [-0.39, 0.29) is 6.61 Å². The van der Waals surface area contributed by atoms with Gasteiger partial charge in [-0.25, -0.2) is 9.59 Å². The third-order valence-corrected chi connectivity index (χ3v) is 2.78. The summed E-state index contributed by atoms with van der Waals surface area (Å²) in [5, 5.41) is 20.5. The Kier molecular flexibility index (Phi) is 6.51.